The summed E-state index contributed by atoms with van der Waals surface area (Å²) in [7, 11) is -3.91. The molecule has 2 atom stereocenters. The second kappa shape index (κ2) is 8.08. The number of rotatable bonds is 6. The fraction of sp³-hybridized carbons (Fsp3) is 0.333. The molecule has 3 aromatic rings. The fourth-order valence-electron chi connectivity index (χ4n) is 4.04. The smallest absolute Gasteiger partial charge is 0.399 e. The molecule has 0 bridgehead atoms. The van der Waals surface area contributed by atoms with Crippen LogP contribution in [0.15, 0.2) is 56.6 Å². The summed E-state index contributed by atoms with van der Waals surface area (Å²) < 4.78 is 33.9. The lowest BCUT2D eigenvalue weighted by molar-refractivity contribution is 0.380. The van der Waals surface area contributed by atoms with Gasteiger partial charge < -0.3 is 10.2 Å². The van der Waals surface area contributed by atoms with Crippen molar-refractivity contribution in [1.82, 2.24) is 14.9 Å². The van der Waals surface area contributed by atoms with E-state index in [9.17, 15) is 13.2 Å². The molecule has 0 amide bonds. The topological polar surface area (TPSA) is 131 Å². The van der Waals surface area contributed by atoms with Crippen molar-refractivity contribution in [2.75, 3.05) is 5.73 Å². The number of hydrogen-bond donors (Lipinski definition) is 3. The molecule has 0 unspecified atom stereocenters. The number of aromatic amines is 1. The van der Waals surface area contributed by atoms with Crippen LogP contribution in [0.2, 0.25) is 0 Å². The first kappa shape index (κ1) is 20.4. The average Bonchev–Trinajstić information content (AvgIpc) is 3.17. The van der Waals surface area contributed by atoms with Gasteiger partial charge in [-0.2, -0.15) is 4.72 Å². The zero-order valence-corrected chi connectivity index (χ0v) is 17.4. The number of hydrogen-bond acceptors (Lipinski definition) is 6. The van der Waals surface area contributed by atoms with Gasteiger partial charge in [0.15, 0.2) is 0 Å². The van der Waals surface area contributed by atoms with E-state index in [0.29, 0.717) is 5.69 Å². The summed E-state index contributed by atoms with van der Waals surface area (Å²) in [6.07, 6.45) is 4.19. The number of benzene rings is 2. The van der Waals surface area contributed by atoms with E-state index in [-0.39, 0.29) is 16.7 Å². The molecule has 0 radical (unpaired) electrons. The third kappa shape index (κ3) is 4.03. The van der Waals surface area contributed by atoms with Crippen molar-refractivity contribution < 1.29 is 12.8 Å². The van der Waals surface area contributed by atoms with E-state index < -0.39 is 21.8 Å². The highest BCUT2D eigenvalue weighted by Crippen LogP contribution is 2.36. The molecule has 0 fully saturated rings. The van der Waals surface area contributed by atoms with Crippen molar-refractivity contribution in [2.24, 2.45) is 0 Å². The second-order valence-electron chi connectivity index (χ2n) is 7.60. The Morgan fingerprint density at radius 1 is 1.13 bits per heavy atom. The van der Waals surface area contributed by atoms with Gasteiger partial charge in [-0.1, -0.05) is 25.1 Å². The Balaban J connectivity index is 1.74. The number of fused-ring (bicyclic) bond motifs is 1. The molecule has 0 spiro atoms. The van der Waals surface area contributed by atoms with Crippen LogP contribution in [0.1, 0.15) is 54.3 Å². The number of H-pyrrole nitrogens is 1. The summed E-state index contributed by atoms with van der Waals surface area (Å²) in [6, 6.07) is 11.2. The maximum absolute atomic E-state index is 13.0. The first-order valence-corrected chi connectivity index (χ1v) is 11.4. The quantitative estimate of drug-likeness (QED) is 0.517. The highest BCUT2D eigenvalue weighted by atomic mass is 32.2. The molecule has 30 heavy (non-hydrogen) atoms. The minimum atomic E-state index is -3.91. The monoisotopic (exact) mass is 428 g/mol. The number of nitrogens with two attached hydrogens (primary N) is 1. The van der Waals surface area contributed by atoms with Crippen molar-refractivity contribution >= 4 is 15.7 Å². The maximum Gasteiger partial charge on any atom is 0.434 e. The van der Waals surface area contributed by atoms with Crippen LogP contribution in [0.5, 0.6) is 0 Å². The highest BCUT2D eigenvalue weighted by molar-refractivity contribution is 7.89. The van der Waals surface area contributed by atoms with Gasteiger partial charge in [0.2, 0.25) is 15.9 Å². The third-order valence-electron chi connectivity index (χ3n) is 5.62. The van der Waals surface area contributed by atoms with Crippen LogP contribution < -0.4 is 16.2 Å². The molecule has 0 saturated carbocycles. The third-order valence-corrected chi connectivity index (χ3v) is 7.07. The van der Waals surface area contributed by atoms with Gasteiger partial charge in [0.1, 0.15) is 6.04 Å². The summed E-state index contributed by atoms with van der Waals surface area (Å²) in [6.45, 7) is 1.91. The molecule has 0 aliphatic heterocycles. The van der Waals surface area contributed by atoms with Crippen molar-refractivity contribution in [3.05, 3.63) is 75.6 Å². The lowest BCUT2D eigenvalue weighted by Gasteiger charge is -2.27. The Morgan fingerprint density at radius 3 is 2.57 bits per heavy atom. The SMILES string of the molecule is C[C@H](c1cccc2c1CCCC2)[C@H](NS(=O)(=O)c1ccc(N)cc1)c1n[nH]c(=O)o1. The first-order valence-electron chi connectivity index (χ1n) is 9.89. The Bertz CT molecular complexity index is 1200. The molecule has 1 aromatic heterocycles. The number of nitrogens with zero attached hydrogens (tertiary/aromatic N) is 1. The Hall–Kier alpha value is -2.91. The van der Waals surface area contributed by atoms with Crippen LogP contribution in [0, 0.1) is 0 Å². The first-order chi connectivity index (χ1) is 14.3. The zero-order chi connectivity index (χ0) is 21.3. The summed E-state index contributed by atoms with van der Waals surface area (Å²) >= 11 is 0. The van der Waals surface area contributed by atoms with Gasteiger partial charge in [0.05, 0.1) is 4.90 Å². The highest BCUT2D eigenvalue weighted by Gasteiger charge is 2.32. The summed E-state index contributed by atoms with van der Waals surface area (Å²) in [5.74, 6) is -1.04. The van der Waals surface area contributed by atoms with Crippen LogP contribution >= 0.6 is 0 Å². The van der Waals surface area contributed by atoms with E-state index in [1.807, 2.05) is 19.1 Å². The van der Waals surface area contributed by atoms with E-state index in [4.69, 9.17) is 10.2 Å². The van der Waals surface area contributed by atoms with Crippen LogP contribution in [0.4, 0.5) is 5.69 Å². The standard InChI is InChI=1S/C21H24N4O4S/c1-13(17-8-4-6-14-5-2-3-7-18(14)17)19(20-23-24-21(26)29-20)25-30(27,28)16-11-9-15(22)10-12-16/h4,6,8-13,19,25H,2-3,5,7,22H2,1H3,(H,24,26)/t13-,19+/m1/s1. The van der Waals surface area contributed by atoms with Gasteiger partial charge in [-0.3, -0.25) is 0 Å². The number of anilines is 1. The lowest BCUT2D eigenvalue weighted by atomic mass is 9.82. The number of aryl methyl sites for hydroxylation is 1. The molecule has 8 nitrogen and oxygen atoms in total. The zero-order valence-electron chi connectivity index (χ0n) is 16.6. The lowest BCUT2D eigenvalue weighted by Crippen LogP contribution is -2.32. The van der Waals surface area contributed by atoms with Gasteiger partial charge >= 0.3 is 5.76 Å². The second-order valence-corrected chi connectivity index (χ2v) is 9.31. The minimum Gasteiger partial charge on any atom is -0.399 e. The molecule has 4 rings (SSSR count). The van der Waals surface area contributed by atoms with Gasteiger partial charge in [-0.25, -0.2) is 18.3 Å². The summed E-state index contributed by atoms with van der Waals surface area (Å²) in [5.41, 5.74) is 9.70. The molecule has 1 aliphatic carbocycles. The molecule has 9 heteroatoms. The van der Waals surface area contributed by atoms with Crippen molar-refractivity contribution in [1.29, 1.82) is 0 Å². The Morgan fingerprint density at radius 2 is 1.87 bits per heavy atom. The number of sulfonamides is 1. The Kier molecular flexibility index (Phi) is 5.48. The van der Waals surface area contributed by atoms with Crippen molar-refractivity contribution in [3.8, 4) is 0 Å². The maximum atomic E-state index is 13.0. The van der Waals surface area contributed by atoms with Crippen LogP contribution in [0.25, 0.3) is 0 Å². The van der Waals surface area contributed by atoms with Gasteiger partial charge in [0, 0.05) is 11.6 Å². The summed E-state index contributed by atoms with van der Waals surface area (Å²) in [5, 5.41) is 6.14. The van der Waals surface area contributed by atoms with Gasteiger partial charge in [-0.05, 0) is 66.6 Å². The predicted octanol–water partition coefficient (Wildman–Crippen LogP) is 2.65. The number of nitrogens with one attached hydrogen (secondary N) is 2. The van der Waals surface area contributed by atoms with Gasteiger partial charge in [0.25, 0.3) is 0 Å². The molecule has 158 valence electrons. The van der Waals surface area contributed by atoms with E-state index in [2.05, 4.69) is 21.0 Å². The minimum absolute atomic E-state index is 0.0000625. The normalized spacial score (nSPS) is 16.0. The van der Waals surface area contributed by atoms with Gasteiger partial charge in [-0.15, -0.1) is 5.10 Å². The van der Waals surface area contributed by atoms with Crippen LogP contribution in [-0.2, 0) is 22.9 Å². The Labute approximate surface area is 174 Å². The molecule has 1 heterocycles. The molecular formula is C21H24N4O4S. The number of aromatic nitrogens is 2. The molecule has 2 aromatic carbocycles. The number of nitrogen functional groups attached to an aromatic ring is 1. The van der Waals surface area contributed by atoms with Crippen molar-refractivity contribution in [3.63, 3.8) is 0 Å². The molecule has 0 saturated heterocycles. The molecular weight excluding hydrogens is 404 g/mol. The average molecular weight is 429 g/mol. The summed E-state index contributed by atoms with van der Waals surface area (Å²) in [4.78, 5) is 11.7. The largest absolute Gasteiger partial charge is 0.434 e. The molecule has 1 aliphatic rings. The van der Waals surface area contributed by atoms with Crippen LogP contribution in [0.3, 0.4) is 0 Å². The van der Waals surface area contributed by atoms with Crippen LogP contribution in [-0.4, -0.2) is 18.6 Å². The molecule has 4 N–H and O–H groups in total. The van der Waals surface area contributed by atoms with Crippen molar-refractivity contribution in [2.45, 2.75) is 49.5 Å². The van der Waals surface area contributed by atoms with E-state index in [1.165, 1.54) is 35.4 Å². The fourth-order valence-corrected chi connectivity index (χ4v) is 5.31. The van der Waals surface area contributed by atoms with E-state index >= 15 is 0 Å². The van der Waals surface area contributed by atoms with E-state index in [0.717, 1.165) is 31.2 Å². The predicted molar refractivity (Wildman–Crippen MR) is 113 cm³/mol. The van der Waals surface area contributed by atoms with E-state index in [1.54, 1.807) is 0 Å².